The minimum atomic E-state index is -1.10. The second-order valence-corrected chi connectivity index (χ2v) is 5.25. The van der Waals surface area contributed by atoms with E-state index >= 15 is 0 Å². The quantitative estimate of drug-likeness (QED) is 0.897. The summed E-state index contributed by atoms with van der Waals surface area (Å²) in [6, 6.07) is 9.32. The molecule has 2 aromatic rings. The van der Waals surface area contributed by atoms with Gasteiger partial charge in [-0.3, -0.25) is 0 Å². The molecule has 1 unspecified atom stereocenters. The van der Waals surface area contributed by atoms with Crippen molar-refractivity contribution in [3.63, 3.8) is 0 Å². The number of halogens is 3. The van der Waals surface area contributed by atoms with Crippen LogP contribution in [-0.4, -0.2) is 12.2 Å². The average molecular weight is 346 g/mol. The Morgan fingerprint density at radius 1 is 1.21 bits per heavy atom. The molecule has 1 atom stereocenters. The van der Waals surface area contributed by atoms with Crippen LogP contribution in [0, 0.1) is 5.82 Å². The van der Waals surface area contributed by atoms with E-state index < -0.39 is 11.9 Å². The first kappa shape index (κ1) is 14.3. The van der Waals surface area contributed by atoms with Crippen molar-refractivity contribution in [1.29, 1.82) is 0 Å². The molecule has 19 heavy (non-hydrogen) atoms. The summed E-state index contributed by atoms with van der Waals surface area (Å²) < 4.78 is 19.5. The van der Waals surface area contributed by atoms with E-state index in [0.29, 0.717) is 20.8 Å². The molecule has 0 heterocycles. The maximum Gasteiger partial charge on any atom is 0.133 e. The first-order valence-corrected chi connectivity index (χ1v) is 6.66. The monoisotopic (exact) mass is 344 g/mol. The van der Waals surface area contributed by atoms with Gasteiger partial charge in [0, 0.05) is 26.7 Å². The lowest BCUT2D eigenvalue weighted by Gasteiger charge is -2.15. The Balaban J connectivity index is 2.43. The summed E-state index contributed by atoms with van der Waals surface area (Å²) in [6.45, 7) is 0. The van der Waals surface area contributed by atoms with Gasteiger partial charge in [0.1, 0.15) is 17.7 Å². The van der Waals surface area contributed by atoms with Gasteiger partial charge in [0.15, 0.2) is 0 Å². The van der Waals surface area contributed by atoms with E-state index in [1.165, 1.54) is 19.2 Å². The predicted molar refractivity (Wildman–Crippen MR) is 76.2 cm³/mol. The molecule has 2 nitrogen and oxygen atoms in total. The summed E-state index contributed by atoms with van der Waals surface area (Å²) in [4.78, 5) is 0. The summed E-state index contributed by atoms with van der Waals surface area (Å²) in [5, 5.41) is 10.8. The van der Waals surface area contributed by atoms with Gasteiger partial charge in [-0.25, -0.2) is 4.39 Å². The van der Waals surface area contributed by atoms with Crippen molar-refractivity contribution in [3.8, 4) is 5.75 Å². The highest BCUT2D eigenvalue weighted by Crippen LogP contribution is 2.32. The van der Waals surface area contributed by atoms with Crippen LogP contribution >= 0.6 is 27.5 Å². The molecule has 0 aliphatic heterocycles. The first-order chi connectivity index (χ1) is 9.02. The number of hydrogen-bond donors (Lipinski definition) is 1. The minimum Gasteiger partial charge on any atom is -0.497 e. The Hall–Kier alpha value is -1.10. The standard InChI is InChI=1S/C14H11BrClFO2/c1-19-9-3-4-10(13(17)7-9)14(18)11-6-8(16)2-5-12(11)15/h2-7,14,18H,1H3. The molecular formula is C14H11BrClFO2. The Bertz CT molecular complexity index is 604. The Morgan fingerprint density at radius 2 is 1.95 bits per heavy atom. The number of rotatable bonds is 3. The maximum absolute atomic E-state index is 13.9. The molecule has 2 aromatic carbocycles. The molecule has 0 aliphatic rings. The molecule has 5 heteroatoms. The summed E-state index contributed by atoms with van der Waals surface area (Å²) in [5.74, 6) is -0.127. The van der Waals surface area contributed by atoms with Gasteiger partial charge in [-0.05, 0) is 30.3 Å². The molecule has 2 rings (SSSR count). The van der Waals surface area contributed by atoms with E-state index in [0.717, 1.165) is 0 Å². The van der Waals surface area contributed by atoms with Crippen LogP contribution in [-0.2, 0) is 0 Å². The molecule has 0 radical (unpaired) electrons. The van der Waals surface area contributed by atoms with E-state index in [1.54, 1.807) is 24.3 Å². The summed E-state index contributed by atoms with van der Waals surface area (Å²) in [7, 11) is 1.46. The van der Waals surface area contributed by atoms with Crippen LogP contribution in [0.1, 0.15) is 17.2 Å². The molecular weight excluding hydrogens is 335 g/mol. The third-order valence-corrected chi connectivity index (χ3v) is 3.71. The van der Waals surface area contributed by atoms with Crippen LogP contribution in [0.3, 0.4) is 0 Å². The third kappa shape index (κ3) is 3.08. The number of aliphatic hydroxyl groups is 1. The van der Waals surface area contributed by atoms with Crippen LogP contribution in [0.2, 0.25) is 5.02 Å². The fourth-order valence-corrected chi connectivity index (χ4v) is 2.39. The van der Waals surface area contributed by atoms with E-state index in [4.69, 9.17) is 16.3 Å². The van der Waals surface area contributed by atoms with Crippen LogP contribution in [0.5, 0.6) is 5.75 Å². The van der Waals surface area contributed by atoms with Crippen LogP contribution in [0.25, 0.3) is 0 Å². The zero-order valence-corrected chi connectivity index (χ0v) is 12.4. The van der Waals surface area contributed by atoms with Gasteiger partial charge in [-0.1, -0.05) is 27.5 Å². The number of benzene rings is 2. The summed E-state index contributed by atoms with van der Waals surface area (Å²) in [5.41, 5.74) is 0.681. The zero-order chi connectivity index (χ0) is 14.0. The molecule has 1 N–H and O–H groups in total. The SMILES string of the molecule is COc1ccc(C(O)c2cc(Cl)ccc2Br)c(F)c1. The van der Waals surface area contributed by atoms with Crippen molar-refractivity contribution in [2.75, 3.05) is 7.11 Å². The zero-order valence-electron chi connectivity index (χ0n) is 10.0. The van der Waals surface area contributed by atoms with E-state index in [-0.39, 0.29) is 5.56 Å². The normalized spacial score (nSPS) is 12.3. The molecule has 100 valence electrons. The average Bonchev–Trinajstić information content (AvgIpc) is 2.40. The lowest BCUT2D eigenvalue weighted by molar-refractivity contribution is 0.214. The fourth-order valence-electron chi connectivity index (χ4n) is 1.75. The van der Waals surface area contributed by atoms with Gasteiger partial charge in [-0.15, -0.1) is 0 Å². The predicted octanol–water partition coefficient (Wildman–Crippen LogP) is 4.33. The highest BCUT2D eigenvalue weighted by atomic mass is 79.9. The fraction of sp³-hybridized carbons (Fsp3) is 0.143. The molecule has 0 aromatic heterocycles. The van der Waals surface area contributed by atoms with E-state index in [1.807, 2.05) is 0 Å². The van der Waals surface area contributed by atoms with Crippen molar-refractivity contribution in [3.05, 3.63) is 62.8 Å². The number of methoxy groups -OCH3 is 1. The van der Waals surface area contributed by atoms with Gasteiger partial charge in [0.2, 0.25) is 0 Å². The Labute approximate surface area is 123 Å². The molecule has 0 saturated heterocycles. The van der Waals surface area contributed by atoms with Crippen LogP contribution in [0.15, 0.2) is 40.9 Å². The highest BCUT2D eigenvalue weighted by molar-refractivity contribution is 9.10. The maximum atomic E-state index is 13.9. The smallest absolute Gasteiger partial charge is 0.133 e. The largest absolute Gasteiger partial charge is 0.497 e. The van der Waals surface area contributed by atoms with E-state index in [2.05, 4.69) is 15.9 Å². The molecule has 0 bridgehead atoms. The van der Waals surface area contributed by atoms with E-state index in [9.17, 15) is 9.50 Å². The lowest BCUT2D eigenvalue weighted by atomic mass is 10.0. The van der Waals surface area contributed by atoms with Crippen LogP contribution in [0.4, 0.5) is 4.39 Å². The van der Waals surface area contributed by atoms with Crippen molar-refractivity contribution in [2.45, 2.75) is 6.10 Å². The van der Waals surface area contributed by atoms with Crippen molar-refractivity contribution in [2.24, 2.45) is 0 Å². The van der Waals surface area contributed by atoms with Gasteiger partial charge < -0.3 is 9.84 Å². The van der Waals surface area contributed by atoms with Gasteiger partial charge in [-0.2, -0.15) is 0 Å². The van der Waals surface area contributed by atoms with Gasteiger partial charge in [0.25, 0.3) is 0 Å². The molecule has 0 fully saturated rings. The summed E-state index contributed by atoms with van der Waals surface area (Å²) in [6.07, 6.45) is -1.10. The number of hydrogen-bond acceptors (Lipinski definition) is 2. The van der Waals surface area contributed by atoms with Gasteiger partial charge in [0.05, 0.1) is 7.11 Å². The Kier molecular flexibility index (Phi) is 4.45. The molecule has 0 aliphatic carbocycles. The second kappa shape index (κ2) is 5.90. The molecule has 0 spiro atoms. The summed E-state index contributed by atoms with van der Waals surface area (Å²) >= 11 is 9.21. The number of aliphatic hydroxyl groups excluding tert-OH is 1. The van der Waals surface area contributed by atoms with Crippen molar-refractivity contribution >= 4 is 27.5 Å². The Morgan fingerprint density at radius 3 is 2.58 bits per heavy atom. The van der Waals surface area contributed by atoms with Crippen molar-refractivity contribution < 1.29 is 14.2 Å². The molecule has 0 saturated carbocycles. The topological polar surface area (TPSA) is 29.5 Å². The van der Waals surface area contributed by atoms with Crippen LogP contribution < -0.4 is 4.74 Å². The number of ether oxygens (including phenoxy) is 1. The van der Waals surface area contributed by atoms with Crippen molar-refractivity contribution in [1.82, 2.24) is 0 Å². The third-order valence-electron chi connectivity index (χ3n) is 2.75. The minimum absolute atomic E-state index is 0.170. The van der Waals surface area contributed by atoms with Gasteiger partial charge >= 0.3 is 0 Å². The first-order valence-electron chi connectivity index (χ1n) is 5.49. The molecule has 0 amide bonds. The second-order valence-electron chi connectivity index (χ2n) is 3.96. The lowest BCUT2D eigenvalue weighted by Crippen LogP contribution is -2.04. The highest BCUT2D eigenvalue weighted by Gasteiger charge is 2.18.